The molecule has 2 amide bonds. The highest BCUT2D eigenvalue weighted by atomic mass is 32.2. The average molecular weight is 679 g/mol. The van der Waals surface area contributed by atoms with Crippen molar-refractivity contribution in [2.75, 3.05) is 19.0 Å². The maximum absolute atomic E-state index is 15.7. The minimum absolute atomic E-state index is 0.0236. The highest BCUT2D eigenvalue weighted by Gasteiger charge is 2.51. The number of carbonyl (C=O) groups excluding carboxylic acids is 1. The first-order valence-electron chi connectivity index (χ1n) is 16.4. The summed E-state index contributed by atoms with van der Waals surface area (Å²) in [5.74, 6) is 0.526. The molecule has 0 fully saturated rings. The maximum Gasteiger partial charge on any atom is 0.336 e. The molecule has 11 heteroatoms. The van der Waals surface area contributed by atoms with E-state index in [9.17, 15) is 4.78 Å². The van der Waals surface area contributed by atoms with Crippen molar-refractivity contribution in [2.24, 2.45) is 0 Å². The van der Waals surface area contributed by atoms with Gasteiger partial charge in [0.25, 0.3) is 0 Å². The minimum atomic E-state index is -4.23. The zero-order chi connectivity index (χ0) is 34.8. The average Bonchev–Trinajstić information content (AvgIpc) is 3.57. The van der Waals surface area contributed by atoms with Crippen LogP contribution in [0.5, 0.6) is 11.8 Å². The number of amides is 2. The van der Waals surface area contributed by atoms with E-state index in [-0.39, 0.29) is 22.6 Å². The number of aromatic nitrogens is 3. The number of fused-ring (bicyclic) bond motifs is 1. The predicted octanol–water partition coefficient (Wildman–Crippen LogP) is 8.16. The molecule has 0 bridgehead atoms. The molecule has 10 nitrogen and oxygen atoms in total. The fraction of sp³-hybridized carbons (Fsp3) is 0.289. The smallest absolute Gasteiger partial charge is 0.336 e. The number of benzene rings is 3. The van der Waals surface area contributed by atoms with Crippen LogP contribution in [0.1, 0.15) is 73.9 Å². The van der Waals surface area contributed by atoms with Crippen LogP contribution in [-0.2, 0) is 22.0 Å². The number of urea groups is 1. The molecular weight excluding hydrogens is 637 g/mol. The first kappa shape index (κ1) is 33.7. The van der Waals surface area contributed by atoms with E-state index >= 15 is 9.00 Å². The van der Waals surface area contributed by atoms with Crippen LogP contribution in [0.25, 0.3) is 0 Å². The number of hydrogen-bond donors (Lipinski definition) is 2. The number of anilines is 1. The van der Waals surface area contributed by atoms with Gasteiger partial charge in [0, 0.05) is 19.0 Å². The van der Waals surface area contributed by atoms with Crippen molar-refractivity contribution in [3.63, 3.8) is 0 Å². The number of rotatable bonds is 10. The molecule has 3 heterocycles. The second kappa shape index (κ2) is 13.8. The normalized spacial score (nSPS) is 14.1. The Kier molecular flexibility index (Phi) is 9.47. The lowest BCUT2D eigenvalue weighted by Gasteiger charge is -2.45. The van der Waals surface area contributed by atoms with Crippen molar-refractivity contribution in [1.82, 2.24) is 19.1 Å². The van der Waals surface area contributed by atoms with Gasteiger partial charge in [-0.05, 0) is 34.1 Å². The first-order valence-corrected chi connectivity index (χ1v) is 18.0. The number of pyridine rings is 1. The van der Waals surface area contributed by atoms with E-state index in [0.717, 1.165) is 12.0 Å². The molecule has 0 saturated carbocycles. The topological polar surface area (TPSA) is 122 Å². The molecule has 5 aromatic rings. The number of aryl methyl sites for hydroxylation is 1. The van der Waals surface area contributed by atoms with Crippen LogP contribution >= 0.6 is 0 Å². The van der Waals surface area contributed by atoms with Crippen LogP contribution in [0.15, 0.2) is 108 Å². The van der Waals surface area contributed by atoms with Gasteiger partial charge < -0.3 is 14.8 Å². The van der Waals surface area contributed by atoms with Crippen LogP contribution in [0.3, 0.4) is 0 Å². The molecule has 1 atom stereocenters. The van der Waals surface area contributed by atoms with Gasteiger partial charge in [-0.3, -0.25) is 0 Å². The molecule has 0 radical (unpaired) electrons. The Bertz CT molecular complexity index is 1910. The van der Waals surface area contributed by atoms with Crippen molar-refractivity contribution in [1.29, 1.82) is 4.78 Å². The standard InChI is InChI=1S/C38H42N6O4S/c1-26(2)31-24-33(47-5)41-34(27(3)4)35(31)42-37(45)44(49(39,46)32-25-40-43-22-15-23-48-36(32)43)38(28-16-9-6-10-17-28,29-18-11-7-12-19-29)30-20-13-8-14-21-30/h6-14,16-21,24-27,39H,15,22-23H2,1-5H3,(H,42,45). The van der Waals surface area contributed by atoms with E-state index in [0.29, 0.717) is 47.1 Å². The quantitative estimate of drug-likeness (QED) is 0.144. The zero-order valence-corrected chi connectivity index (χ0v) is 29.2. The lowest BCUT2D eigenvalue weighted by molar-refractivity contribution is 0.215. The Morgan fingerprint density at radius 2 is 1.49 bits per heavy atom. The summed E-state index contributed by atoms with van der Waals surface area (Å²) in [7, 11) is -2.67. The monoisotopic (exact) mass is 678 g/mol. The SMILES string of the molecule is COc1cc(C(C)C)c(NC(=O)N(C(c2ccccc2)(c2ccccc2)c2ccccc2)S(=N)(=O)c2cnn3c2OCCC3)c(C(C)C)n1. The van der Waals surface area contributed by atoms with Crippen molar-refractivity contribution in [2.45, 2.75) is 62.9 Å². The van der Waals surface area contributed by atoms with Gasteiger partial charge in [-0.25, -0.2) is 27.8 Å². The summed E-state index contributed by atoms with van der Waals surface area (Å²) in [4.78, 5) is 20.3. The van der Waals surface area contributed by atoms with E-state index in [1.807, 2.05) is 125 Å². The van der Waals surface area contributed by atoms with Gasteiger partial charge in [-0.1, -0.05) is 119 Å². The number of methoxy groups -OCH3 is 1. The maximum atomic E-state index is 15.7. The predicted molar refractivity (Wildman–Crippen MR) is 190 cm³/mol. The summed E-state index contributed by atoms with van der Waals surface area (Å²) in [6.45, 7) is 8.97. The lowest BCUT2D eigenvalue weighted by atomic mass is 9.77. The molecule has 2 N–H and O–H groups in total. The number of carbonyl (C=O) groups is 1. The highest BCUT2D eigenvalue weighted by Crippen LogP contribution is 2.47. The molecule has 1 unspecified atom stereocenters. The Hall–Kier alpha value is -5.16. The second-order valence-electron chi connectivity index (χ2n) is 12.6. The summed E-state index contributed by atoms with van der Waals surface area (Å²) >= 11 is 0. The Balaban J connectivity index is 1.70. The fourth-order valence-corrected chi connectivity index (χ4v) is 8.29. The van der Waals surface area contributed by atoms with Crippen molar-refractivity contribution >= 4 is 21.6 Å². The van der Waals surface area contributed by atoms with Crippen LogP contribution in [0, 0.1) is 4.78 Å². The van der Waals surface area contributed by atoms with Crippen LogP contribution in [0.4, 0.5) is 10.5 Å². The van der Waals surface area contributed by atoms with E-state index in [1.165, 1.54) is 10.5 Å². The van der Waals surface area contributed by atoms with Gasteiger partial charge in [0.05, 0.1) is 31.3 Å². The minimum Gasteiger partial charge on any atom is -0.481 e. The molecular formula is C38H42N6O4S. The first-order chi connectivity index (χ1) is 23.6. The number of nitrogens with zero attached hydrogens (tertiary/aromatic N) is 4. The van der Waals surface area contributed by atoms with Gasteiger partial charge in [0.1, 0.15) is 10.4 Å². The zero-order valence-electron chi connectivity index (χ0n) is 28.4. The van der Waals surface area contributed by atoms with E-state index < -0.39 is 21.5 Å². The molecule has 1 aliphatic heterocycles. The molecule has 254 valence electrons. The third-order valence-corrected chi connectivity index (χ3v) is 10.6. The van der Waals surface area contributed by atoms with E-state index in [1.54, 1.807) is 11.8 Å². The summed E-state index contributed by atoms with van der Waals surface area (Å²) in [5.41, 5.74) is 2.28. The number of hydrogen-bond acceptors (Lipinski definition) is 7. The van der Waals surface area contributed by atoms with Gasteiger partial charge in [0.15, 0.2) is 9.92 Å². The molecule has 1 aliphatic rings. The molecule has 0 aliphatic carbocycles. The summed E-state index contributed by atoms with van der Waals surface area (Å²) in [6.07, 6.45) is 2.12. The molecule has 0 saturated heterocycles. The van der Waals surface area contributed by atoms with Crippen LogP contribution in [0.2, 0.25) is 0 Å². The second-order valence-corrected chi connectivity index (χ2v) is 14.5. The van der Waals surface area contributed by atoms with Gasteiger partial charge in [-0.15, -0.1) is 0 Å². The van der Waals surface area contributed by atoms with E-state index in [4.69, 9.17) is 14.5 Å². The third kappa shape index (κ3) is 6.03. The Labute approximate surface area is 288 Å². The molecule has 6 rings (SSSR count). The summed E-state index contributed by atoms with van der Waals surface area (Å²) in [6, 6.07) is 29.4. The third-order valence-electron chi connectivity index (χ3n) is 8.80. The number of nitrogens with one attached hydrogen (secondary N) is 2. The van der Waals surface area contributed by atoms with Gasteiger partial charge in [0.2, 0.25) is 11.8 Å². The highest BCUT2D eigenvalue weighted by molar-refractivity contribution is 7.90. The molecule has 2 aromatic heterocycles. The van der Waals surface area contributed by atoms with Crippen molar-refractivity contribution in [3.05, 3.63) is 131 Å². The Morgan fingerprint density at radius 1 is 0.939 bits per heavy atom. The van der Waals surface area contributed by atoms with E-state index in [2.05, 4.69) is 10.4 Å². The molecule has 3 aromatic carbocycles. The van der Waals surface area contributed by atoms with Crippen LogP contribution < -0.4 is 14.8 Å². The van der Waals surface area contributed by atoms with Crippen LogP contribution in [-0.4, -0.2) is 43.0 Å². The molecule has 49 heavy (non-hydrogen) atoms. The molecule has 0 spiro atoms. The summed E-state index contributed by atoms with van der Waals surface area (Å²) in [5, 5.41) is 7.61. The lowest BCUT2D eigenvalue weighted by Crippen LogP contribution is -2.55. The largest absolute Gasteiger partial charge is 0.481 e. The summed E-state index contributed by atoms with van der Waals surface area (Å²) < 4.78 is 40.0. The van der Waals surface area contributed by atoms with Crippen molar-refractivity contribution in [3.8, 4) is 11.8 Å². The van der Waals surface area contributed by atoms with Gasteiger partial charge in [-0.2, -0.15) is 5.10 Å². The van der Waals surface area contributed by atoms with Crippen molar-refractivity contribution < 1.29 is 18.5 Å². The Morgan fingerprint density at radius 3 is 1.98 bits per heavy atom. The number of ether oxygens (including phenoxy) is 2. The fourth-order valence-electron chi connectivity index (χ4n) is 6.52. The van der Waals surface area contributed by atoms with Gasteiger partial charge >= 0.3 is 6.03 Å².